The standard InChI is InChI=1S/C35H54F4O/c1-3-5-6-7-26-12-17-29(18-13-26)30-19-14-27(15-20-30)16-21-31-22-23-32(34(36)33(31)35(37,38)39)40-24-28-10-8-25(4-2)9-11-28/h22-23,25-30H,3-21,24H2,1-2H3. The zero-order valence-corrected chi connectivity index (χ0v) is 25.2. The van der Waals surface area contributed by atoms with Gasteiger partial charge in [-0.2, -0.15) is 13.2 Å². The summed E-state index contributed by atoms with van der Waals surface area (Å²) in [6, 6.07) is 2.91. The highest BCUT2D eigenvalue weighted by molar-refractivity contribution is 5.39. The quantitative estimate of drug-likeness (QED) is 0.181. The number of ether oxygens (including phenoxy) is 1. The van der Waals surface area contributed by atoms with Crippen LogP contribution in [0.3, 0.4) is 0 Å². The Morgan fingerprint density at radius 1 is 0.700 bits per heavy atom. The van der Waals surface area contributed by atoms with Crippen molar-refractivity contribution in [2.24, 2.45) is 35.5 Å². The topological polar surface area (TPSA) is 9.23 Å². The minimum Gasteiger partial charge on any atom is -0.490 e. The second kappa shape index (κ2) is 15.3. The maximum atomic E-state index is 15.2. The first-order valence-electron chi connectivity index (χ1n) is 16.8. The molecule has 0 aliphatic heterocycles. The fraction of sp³-hybridized carbons (Fsp3) is 0.829. The summed E-state index contributed by atoms with van der Waals surface area (Å²) in [4.78, 5) is 0. The predicted molar refractivity (Wildman–Crippen MR) is 156 cm³/mol. The highest BCUT2D eigenvalue weighted by Gasteiger charge is 2.39. The number of rotatable bonds is 12. The molecule has 5 heteroatoms. The molecule has 40 heavy (non-hydrogen) atoms. The average molecular weight is 567 g/mol. The summed E-state index contributed by atoms with van der Waals surface area (Å²) in [5.41, 5.74) is -1.02. The van der Waals surface area contributed by atoms with Gasteiger partial charge in [0.1, 0.15) is 0 Å². The number of halogens is 4. The van der Waals surface area contributed by atoms with Crippen LogP contribution in [0.25, 0.3) is 0 Å². The fourth-order valence-electron chi connectivity index (χ4n) is 8.18. The van der Waals surface area contributed by atoms with Gasteiger partial charge in [-0.3, -0.25) is 0 Å². The van der Waals surface area contributed by atoms with Gasteiger partial charge in [0.25, 0.3) is 0 Å². The number of alkyl halides is 3. The number of hydrogen-bond acceptors (Lipinski definition) is 1. The number of aryl methyl sites for hydroxylation is 1. The van der Waals surface area contributed by atoms with Gasteiger partial charge in [0.05, 0.1) is 12.2 Å². The summed E-state index contributed by atoms with van der Waals surface area (Å²) in [6.45, 7) is 4.77. The molecule has 0 amide bonds. The zero-order chi connectivity index (χ0) is 28.5. The van der Waals surface area contributed by atoms with E-state index in [0.717, 1.165) is 62.2 Å². The summed E-state index contributed by atoms with van der Waals surface area (Å²) in [7, 11) is 0. The van der Waals surface area contributed by atoms with E-state index >= 15 is 4.39 Å². The van der Waals surface area contributed by atoms with E-state index in [1.807, 2.05) is 0 Å². The second-order valence-electron chi connectivity index (χ2n) is 13.6. The van der Waals surface area contributed by atoms with E-state index in [1.165, 1.54) is 82.8 Å². The highest BCUT2D eigenvalue weighted by Crippen LogP contribution is 2.44. The average Bonchev–Trinajstić information content (AvgIpc) is 2.96. The van der Waals surface area contributed by atoms with E-state index in [0.29, 0.717) is 24.9 Å². The van der Waals surface area contributed by atoms with Gasteiger partial charge in [-0.05, 0) is 98.5 Å². The molecule has 3 aliphatic rings. The van der Waals surface area contributed by atoms with Gasteiger partial charge in [-0.15, -0.1) is 0 Å². The first kappa shape index (κ1) is 31.7. The van der Waals surface area contributed by atoms with Crippen molar-refractivity contribution in [3.63, 3.8) is 0 Å². The Balaban J connectivity index is 1.25. The molecule has 1 aromatic carbocycles. The summed E-state index contributed by atoms with van der Waals surface area (Å²) < 4.78 is 62.9. The molecular formula is C35H54F4O. The molecule has 0 aromatic heterocycles. The minimum atomic E-state index is -4.72. The molecule has 3 fully saturated rings. The summed E-state index contributed by atoms with van der Waals surface area (Å²) >= 11 is 0. The molecule has 0 unspecified atom stereocenters. The van der Waals surface area contributed by atoms with Crippen LogP contribution in [0.5, 0.6) is 5.75 Å². The first-order valence-corrected chi connectivity index (χ1v) is 16.8. The van der Waals surface area contributed by atoms with Gasteiger partial charge in [-0.1, -0.05) is 90.5 Å². The van der Waals surface area contributed by atoms with E-state index in [4.69, 9.17) is 4.74 Å². The van der Waals surface area contributed by atoms with Gasteiger partial charge in [0.15, 0.2) is 11.6 Å². The van der Waals surface area contributed by atoms with Gasteiger partial charge in [-0.25, -0.2) is 4.39 Å². The fourth-order valence-corrected chi connectivity index (χ4v) is 8.18. The number of unbranched alkanes of at least 4 members (excludes halogenated alkanes) is 2. The Morgan fingerprint density at radius 2 is 1.25 bits per heavy atom. The van der Waals surface area contributed by atoms with Crippen LogP contribution in [0.2, 0.25) is 0 Å². The van der Waals surface area contributed by atoms with Crippen molar-refractivity contribution in [2.45, 2.75) is 142 Å². The van der Waals surface area contributed by atoms with Crippen LogP contribution in [-0.4, -0.2) is 6.61 Å². The molecule has 3 saturated carbocycles. The van der Waals surface area contributed by atoms with Gasteiger partial charge in [0.2, 0.25) is 0 Å². The normalized spacial score (nSPS) is 29.9. The Hall–Kier alpha value is -1.26. The number of hydrogen-bond donors (Lipinski definition) is 0. The van der Waals surface area contributed by atoms with Gasteiger partial charge >= 0.3 is 6.18 Å². The molecule has 0 atom stereocenters. The van der Waals surface area contributed by atoms with E-state index in [9.17, 15) is 13.2 Å². The molecule has 0 N–H and O–H groups in total. The van der Waals surface area contributed by atoms with Crippen molar-refractivity contribution in [2.75, 3.05) is 6.61 Å². The third-order valence-electron chi connectivity index (χ3n) is 11.0. The largest absolute Gasteiger partial charge is 0.490 e. The SMILES string of the molecule is CCCCCC1CCC(C2CCC(CCc3ccc(OCC4CCC(CC)CC4)c(F)c3C(F)(F)F)CC2)CC1. The Morgan fingerprint density at radius 3 is 1.80 bits per heavy atom. The van der Waals surface area contributed by atoms with Crippen LogP contribution >= 0.6 is 0 Å². The first-order chi connectivity index (χ1) is 19.3. The van der Waals surface area contributed by atoms with E-state index in [2.05, 4.69) is 13.8 Å². The van der Waals surface area contributed by atoms with Crippen molar-refractivity contribution in [1.82, 2.24) is 0 Å². The molecule has 0 spiro atoms. The monoisotopic (exact) mass is 566 g/mol. The van der Waals surface area contributed by atoms with Gasteiger partial charge in [0, 0.05) is 0 Å². The summed E-state index contributed by atoms with van der Waals surface area (Å²) in [6.07, 6.45) is 17.3. The third kappa shape index (κ3) is 8.87. The minimum absolute atomic E-state index is 0.0873. The lowest BCUT2D eigenvalue weighted by molar-refractivity contribution is -0.140. The molecule has 1 nitrogen and oxygen atoms in total. The number of benzene rings is 1. The summed E-state index contributed by atoms with van der Waals surface area (Å²) in [5, 5.41) is 0. The Labute approximate surface area is 241 Å². The molecule has 0 saturated heterocycles. The van der Waals surface area contributed by atoms with Crippen molar-refractivity contribution in [1.29, 1.82) is 0 Å². The lowest BCUT2D eigenvalue weighted by Crippen LogP contribution is -2.26. The van der Waals surface area contributed by atoms with Gasteiger partial charge < -0.3 is 4.74 Å². The predicted octanol–water partition coefficient (Wildman–Crippen LogP) is 11.6. The van der Waals surface area contributed by atoms with Crippen LogP contribution < -0.4 is 4.74 Å². The van der Waals surface area contributed by atoms with Crippen molar-refractivity contribution in [3.05, 3.63) is 29.1 Å². The molecule has 3 aliphatic carbocycles. The highest BCUT2D eigenvalue weighted by atomic mass is 19.4. The molecule has 0 radical (unpaired) electrons. The van der Waals surface area contributed by atoms with Crippen LogP contribution in [0.1, 0.15) is 141 Å². The lowest BCUT2D eigenvalue weighted by atomic mass is 9.68. The van der Waals surface area contributed by atoms with Crippen molar-refractivity contribution < 1.29 is 22.3 Å². The van der Waals surface area contributed by atoms with Crippen LogP contribution in [0, 0.1) is 41.3 Å². The Bertz CT molecular complexity index is 872. The van der Waals surface area contributed by atoms with Crippen LogP contribution in [-0.2, 0) is 12.6 Å². The van der Waals surface area contributed by atoms with Crippen molar-refractivity contribution in [3.8, 4) is 5.75 Å². The molecule has 0 heterocycles. The van der Waals surface area contributed by atoms with E-state index in [-0.39, 0.29) is 17.7 Å². The lowest BCUT2D eigenvalue weighted by Gasteiger charge is -2.38. The van der Waals surface area contributed by atoms with Crippen molar-refractivity contribution >= 4 is 0 Å². The van der Waals surface area contributed by atoms with Crippen LogP contribution in [0.4, 0.5) is 17.6 Å². The third-order valence-corrected chi connectivity index (χ3v) is 11.0. The molecule has 0 bridgehead atoms. The molecule has 4 rings (SSSR count). The molecule has 228 valence electrons. The molecule has 1 aromatic rings. The Kier molecular flexibility index (Phi) is 12.1. The van der Waals surface area contributed by atoms with Crippen LogP contribution in [0.15, 0.2) is 12.1 Å². The smallest absolute Gasteiger partial charge is 0.419 e. The summed E-state index contributed by atoms with van der Waals surface area (Å²) in [5.74, 6) is 2.59. The second-order valence-corrected chi connectivity index (χ2v) is 13.6. The molecular weight excluding hydrogens is 512 g/mol. The maximum Gasteiger partial charge on any atom is 0.419 e. The van der Waals surface area contributed by atoms with E-state index in [1.54, 1.807) is 0 Å². The van der Waals surface area contributed by atoms with E-state index < -0.39 is 17.6 Å². The maximum absolute atomic E-state index is 15.2. The zero-order valence-electron chi connectivity index (χ0n) is 25.2.